The van der Waals surface area contributed by atoms with Crippen molar-refractivity contribution in [2.45, 2.75) is 25.2 Å². The molecule has 0 saturated carbocycles. The molecule has 4 nitrogen and oxygen atoms in total. The first-order valence-electron chi connectivity index (χ1n) is 7.46. The second kappa shape index (κ2) is 6.96. The molecule has 1 aromatic heterocycles. The number of nitrogens with one attached hydrogen (secondary N) is 1. The van der Waals surface area contributed by atoms with Crippen molar-refractivity contribution in [1.29, 1.82) is 0 Å². The topological polar surface area (TPSA) is 43.6 Å². The molecule has 2 heterocycles. The average Bonchev–Trinajstić information content (AvgIpc) is 3.04. The summed E-state index contributed by atoms with van der Waals surface area (Å²) in [6.07, 6.45) is 2.64. The molecule has 3 rings (SSSR count). The van der Waals surface area contributed by atoms with Crippen LogP contribution in [-0.4, -0.2) is 25.5 Å². The highest BCUT2D eigenvalue weighted by Gasteiger charge is 2.30. The second-order valence-electron chi connectivity index (χ2n) is 5.57. The largest absolute Gasteiger partial charge is 0.467 e. The fourth-order valence-electron chi connectivity index (χ4n) is 2.56. The number of hydrogen-bond donors (Lipinski definition) is 1. The Hall–Kier alpha value is -1.14. The molecule has 1 atom stereocenters. The molecule has 0 unspecified atom stereocenters. The first-order valence-corrected chi connectivity index (χ1v) is 8.26. The maximum absolute atomic E-state index is 5.77. The van der Waals surface area contributed by atoms with Gasteiger partial charge in [0.2, 0.25) is 0 Å². The fourth-order valence-corrected chi connectivity index (χ4v) is 2.82. The summed E-state index contributed by atoms with van der Waals surface area (Å²) in [6.45, 7) is 4.04. The third kappa shape index (κ3) is 3.79. The molecule has 2 aromatic rings. The van der Waals surface area contributed by atoms with Gasteiger partial charge in [-0.2, -0.15) is 0 Å². The molecule has 118 valence electrons. The quantitative estimate of drug-likeness (QED) is 0.873. The van der Waals surface area contributed by atoms with E-state index in [1.807, 2.05) is 31.2 Å². The molecule has 1 aliphatic rings. The number of benzene rings is 1. The highest BCUT2D eigenvalue weighted by atomic mass is 79.9. The molecular formula is C17H20BrNO3. The summed E-state index contributed by atoms with van der Waals surface area (Å²) in [5, 5.41) is 3.51. The third-order valence-corrected chi connectivity index (χ3v) is 4.29. The predicted molar refractivity (Wildman–Crippen MR) is 87.6 cm³/mol. The average molecular weight is 366 g/mol. The van der Waals surface area contributed by atoms with Gasteiger partial charge >= 0.3 is 0 Å². The number of rotatable bonds is 5. The van der Waals surface area contributed by atoms with Gasteiger partial charge in [0, 0.05) is 4.47 Å². The van der Waals surface area contributed by atoms with E-state index >= 15 is 0 Å². The number of hydrogen-bond acceptors (Lipinski definition) is 4. The summed E-state index contributed by atoms with van der Waals surface area (Å²) in [4.78, 5) is 0. The van der Waals surface area contributed by atoms with Crippen LogP contribution >= 0.6 is 15.9 Å². The molecule has 1 fully saturated rings. The Bertz CT molecular complexity index is 576. The van der Waals surface area contributed by atoms with Crippen molar-refractivity contribution in [2.24, 2.45) is 0 Å². The van der Waals surface area contributed by atoms with Gasteiger partial charge in [0.25, 0.3) is 0 Å². The van der Waals surface area contributed by atoms with E-state index in [-0.39, 0.29) is 6.04 Å². The van der Waals surface area contributed by atoms with Crippen LogP contribution in [0.3, 0.4) is 0 Å². The third-order valence-electron chi connectivity index (χ3n) is 3.76. The lowest BCUT2D eigenvalue weighted by Crippen LogP contribution is -2.47. The zero-order chi connectivity index (χ0) is 15.4. The van der Waals surface area contributed by atoms with Crippen LogP contribution in [0.5, 0.6) is 0 Å². The van der Waals surface area contributed by atoms with Crippen LogP contribution in [-0.2, 0) is 9.47 Å². The van der Waals surface area contributed by atoms with Crippen molar-refractivity contribution >= 4 is 15.9 Å². The van der Waals surface area contributed by atoms with E-state index in [1.165, 1.54) is 0 Å². The highest BCUT2D eigenvalue weighted by molar-refractivity contribution is 9.10. The molecule has 0 bridgehead atoms. The van der Waals surface area contributed by atoms with Crippen LogP contribution < -0.4 is 5.32 Å². The highest BCUT2D eigenvalue weighted by Crippen LogP contribution is 2.26. The van der Waals surface area contributed by atoms with Crippen molar-refractivity contribution < 1.29 is 13.9 Å². The maximum Gasteiger partial charge on any atom is 0.177 e. The van der Waals surface area contributed by atoms with E-state index in [4.69, 9.17) is 13.9 Å². The Kier molecular flexibility index (Phi) is 4.98. The molecule has 1 aromatic carbocycles. The van der Waals surface area contributed by atoms with Gasteiger partial charge in [-0.05, 0) is 43.2 Å². The van der Waals surface area contributed by atoms with Gasteiger partial charge in [0.1, 0.15) is 5.76 Å². The lowest BCUT2D eigenvalue weighted by atomic mass is 10.0. The van der Waals surface area contributed by atoms with Crippen molar-refractivity contribution in [3.63, 3.8) is 0 Å². The van der Waals surface area contributed by atoms with Crippen LogP contribution in [0.25, 0.3) is 0 Å². The first-order chi connectivity index (χ1) is 10.7. The van der Waals surface area contributed by atoms with Gasteiger partial charge in [-0.15, -0.1) is 0 Å². The van der Waals surface area contributed by atoms with Gasteiger partial charge in [-0.1, -0.05) is 28.1 Å². The standard InChI is InChI=1S/C17H20BrNO3/c1-17(21-10-3-11-22-17)12-19-16(15-4-2-9-20-15)13-5-7-14(18)8-6-13/h2,4-9,16,19H,3,10-12H2,1H3/t16-/m0/s1. The van der Waals surface area contributed by atoms with Crippen LogP contribution in [0, 0.1) is 0 Å². The van der Waals surface area contributed by atoms with E-state index in [2.05, 4.69) is 33.4 Å². The van der Waals surface area contributed by atoms with Crippen LogP contribution in [0.1, 0.15) is 30.7 Å². The summed E-state index contributed by atoms with van der Waals surface area (Å²) in [5.74, 6) is 0.292. The van der Waals surface area contributed by atoms with E-state index < -0.39 is 5.79 Å². The summed E-state index contributed by atoms with van der Waals surface area (Å²) in [6, 6.07) is 12.1. The fraction of sp³-hybridized carbons (Fsp3) is 0.412. The van der Waals surface area contributed by atoms with Crippen LogP contribution in [0.2, 0.25) is 0 Å². The molecule has 1 N–H and O–H groups in total. The van der Waals surface area contributed by atoms with Gasteiger partial charge in [-0.3, -0.25) is 5.32 Å². The lowest BCUT2D eigenvalue weighted by Gasteiger charge is -2.35. The summed E-state index contributed by atoms with van der Waals surface area (Å²) in [5.41, 5.74) is 1.14. The Morgan fingerprint density at radius 3 is 2.55 bits per heavy atom. The number of ether oxygens (including phenoxy) is 2. The van der Waals surface area contributed by atoms with Gasteiger partial charge in [-0.25, -0.2) is 0 Å². The monoisotopic (exact) mass is 365 g/mol. The van der Waals surface area contributed by atoms with Crippen LogP contribution in [0.15, 0.2) is 51.6 Å². The van der Waals surface area contributed by atoms with Crippen molar-refractivity contribution in [3.05, 3.63) is 58.5 Å². The van der Waals surface area contributed by atoms with Gasteiger partial charge in [0.05, 0.1) is 32.1 Å². The smallest absolute Gasteiger partial charge is 0.177 e. The number of furan rings is 1. The van der Waals surface area contributed by atoms with Crippen molar-refractivity contribution in [2.75, 3.05) is 19.8 Å². The minimum atomic E-state index is -0.585. The molecule has 0 spiro atoms. The Balaban J connectivity index is 1.76. The van der Waals surface area contributed by atoms with Gasteiger partial charge < -0.3 is 13.9 Å². The van der Waals surface area contributed by atoms with Gasteiger partial charge in [0.15, 0.2) is 5.79 Å². The molecule has 1 aliphatic heterocycles. The molecule has 1 saturated heterocycles. The van der Waals surface area contributed by atoms with Crippen molar-refractivity contribution in [1.82, 2.24) is 5.32 Å². The zero-order valence-corrected chi connectivity index (χ0v) is 14.1. The Labute approximate surface area is 138 Å². The Morgan fingerprint density at radius 2 is 1.91 bits per heavy atom. The molecule has 0 radical (unpaired) electrons. The summed E-state index contributed by atoms with van der Waals surface area (Å²) < 4.78 is 18.2. The minimum absolute atomic E-state index is 0.0333. The van der Waals surface area contributed by atoms with Crippen LogP contribution in [0.4, 0.5) is 0 Å². The van der Waals surface area contributed by atoms with E-state index in [1.54, 1.807) is 6.26 Å². The molecule has 5 heteroatoms. The lowest BCUT2D eigenvalue weighted by molar-refractivity contribution is -0.252. The SMILES string of the molecule is CC1(CN[C@@H](c2ccc(Br)cc2)c2ccco2)OCCCO1. The molecule has 0 amide bonds. The molecule has 22 heavy (non-hydrogen) atoms. The van der Waals surface area contributed by atoms with E-state index in [9.17, 15) is 0 Å². The second-order valence-corrected chi connectivity index (χ2v) is 6.48. The Morgan fingerprint density at radius 1 is 1.18 bits per heavy atom. The zero-order valence-electron chi connectivity index (χ0n) is 12.5. The number of halogens is 1. The first kappa shape index (κ1) is 15.7. The normalized spacial score (nSPS) is 19.0. The summed E-state index contributed by atoms with van der Waals surface area (Å²) in [7, 11) is 0. The minimum Gasteiger partial charge on any atom is -0.467 e. The van der Waals surface area contributed by atoms with E-state index in [0.717, 1.165) is 35.4 Å². The van der Waals surface area contributed by atoms with Crippen molar-refractivity contribution in [3.8, 4) is 0 Å². The molecular weight excluding hydrogens is 346 g/mol. The predicted octanol–water partition coefficient (Wildman–Crippen LogP) is 3.87. The molecule has 0 aliphatic carbocycles. The maximum atomic E-state index is 5.77. The van der Waals surface area contributed by atoms with E-state index in [0.29, 0.717) is 6.54 Å². The summed E-state index contributed by atoms with van der Waals surface area (Å²) >= 11 is 3.47.